The molecule has 2 aliphatic heterocycles. The molecule has 3 aromatic rings. The lowest BCUT2D eigenvalue weighted by molar-refractivity contribution is -0.0362. The highest BCUT2D eigenvalue weighted by molar-refractivity contribution is 6.36. The zero-order chi connectivity index (χ0) is 22.5. The van der Waals surface area contributed by atoms with E-state index in [1.165, 1.54) is 12.1 Å². The minimum absolute atomic E-state index is 0.0455. The minimum Gasteiger partial charge on any atom is -0.482 e. The van der Waals surface area contributed by atoms with E-state index in [2.05, 4.69) is 15.4 Å². The van der Waals surface area contributed by atoms with Crippen molar-refractivity contribution in [1.82, 2.24) is 20.1 Å². The molecule has 0 aliphatic carbocycles. The number of nitrogens with one attached hydrogen (secondary N) is 1. The van der Waals surface area contributed by atoms with E-state index in [1.54, 1.807) is 25.4 Å². The van der Waals surface area contributed by atoms with E-state index < -0.39 is 11.9 Å². The number of pyridine rings is 1. The van der Waals surface area contributed by atoms with Crippen molar-refractivity contribution in [2.24, 2.45) is 0 Å². The number of hydrogen-bond donors (Lipinski definition) is 2. The van der Waals surface area contributed by atoms with Gasteiger partial charge in [-0.25, -0.2) is 9.37 Å². The third-order valence-electron chi connectivity index (χ3n) is 6.06. The van der Waals surface area contributed by atoms with Crippen molar-refractivity contribution in [2.75, 3.05) is 25.4 Å². The van der Waals surface area contributed by atoms with E-state index >= 15 is 0 Å². The van der Waals surface area contributed by atoms with Gasteiger partial charge in [-0.15, -0.1) is 0 Å². The number of nitrogen functional groups attached to an aromatic ring is 1. The monoisotopic (exact) mass is 477 g/mol. The second-order valence-electron chi connectivity index (χ2n) is 8.29. The van der Waals surface area contributed by atoms with Gasteiger partial charge in [0.05, 0.1) is 29.5 Å². The number of nitrogens with zero attached hydrogens (tertiary/aromatic N) is 3. The Labute approximate surface area is 194 Å². The van der Waals surface area contributed by atoms with Gasteiger partial charge < -0.3 is 20.5 Å². The first kappa shape index (κ1) is 21.5. The van der Waals surface area contributed by atoms with Crippen LogP contribution in [0.5, 0.6) is 5.75 Å². The first-order valence-corrected chi connectivity index (χ1v) is 11.1. The Morgan fingerprint density at radius 1 is 1.31 bits per heavy atom. The lowest BCUT2D eigenvalue weighted by Crippen LogP contribution is -2.59. The van der Waals surface area contributed by atoms with Gasteiger partial charge in [0.25, 0.3) is 0 Å². The zero-order valence-corrected chi connectivity index (χ0v) is 18.8. The van der Waals surface area contributed by atoms with Crippen LogP contribution in [0.2, 0.25) is 10.0 Å². The summed E-state index contributed by atoms with van der Waals surface area (Å²) in [6, 6.07) is 4.64. The summed E-state index contributed by atoms with van der Waals surface area (Å²) in [6.45, 7) is 4.14. The smallest absolute Gasteiger partial charge is 0.166 e. The van der Waals surface area contributed by atoms with E-state index in [9.17, 15) is 4.39 Å². The number of halogens is 3. The van der Waals surface area contributed by atoms with E-state index in [0.717, 1.165) is 30.6 Å². The Morgan fingerprint density at radius 2 is 2.12 bits per heavy atom. The van der Waals surface area contributed by atoms with E-state index in [-0.39, 0.29) is 22.5 Å². The lowest BCUT2D eigenvalue weighted by Gasteiger charge is -2.38. The number of hydrogen-bond acceptors (Lipinski definition) is 6. The Kier molecular flexibility index (Phi) is 5.49. The number of anilines is 1. The molecular weight excluding hydrogens is 456 g/mol. The molecule has 0 radical (unpaired) electrons. The fraction of sp³-hybridized carbons (Fsp3) is 0.364. The lowest BCUT2D eigenvalue weighted by atomic mass is 9.92. The van der Waals surface area contributed by atoms with Gasteiger partial charge >= 0.3 is 0 Å². The second kappa shape index (κ2) is 8.19. The Morgan fingerprint density at radius 3 is 2.84 bits per heavy atom. The van der Waals surface area contributed by atoms with Crippen molar-refractivity contribution >= 4 is 29.0 Å². The van der Waals surface area contributed by atoms with Crippen LogP contribution in [-0.4, -0.2) is 40.1 Å². The Bertz CT molecular complexity index is 1170. The van der Waals surface area contributed by atoms with Gasteiger partial charge in [0.2, 0.25) is 0 Å². The molecular formula is C22H22Cl2FN5O2. The molecule has 32 heavy (non-hydrogen) atoms. The fourth-order valence-corrected chi connectivity index (χ4v) is 4.88. The number of aromatic nitrogens is 3. The molecule has 4 heterocycles. The average molecular weight is 478 g/mol. The SMILES string of the molecule is CC(Oc1cc(-c2cnn(C3COC4(CNC4)C3)c2)cnc1N)c1c(Cl)ccc(F)c1Cl. The summed E-state index contributed by atoms with van der Waals surface area (Å²) in [4.78, 5) is 4.26. The van der Waals surface area contributed by atoms with Crippen LogP contribution in [0.4, 0.5) is 10.2 Å². The molecule has 2 saturated heterocycles. The van der Waals surface area contributed by atoms with Gasteiger partial charge in [-0.3, -0.25) is 4.68 Å². The van der Waals surface area contributed by atoms with Crippen molar-refractivity contribution in [3.8, 4) is 16.9 Å². The van der Waals surface area contributed by atoms with Crippen molar-refractivity contribution in [3.63, 3.8) is 0 Å². The van der Waals surface area contributed by atoms with Gasteiger partial charge in [0.15, 0.2) is 11.6 Å². The molecule has 2 aliphatic rings. The molecule has 2 fully saturated rings. The molecule has 1 spiro atoms. The van der Waals surface area contributed by atoms with E-state index in [1.807, 2.05) is 10.9 Å². The highest BCUT2D eigenvalue weighted by Crippen LogP contribution is 2.38. The summed E-state index contributed by atoms with van der Waals surface area (Å²) in [7, 11) is 0. The van der Waals surface area contributed by atoms with Gasteiger partial charge in [-0.1, -0.05) is 23.2 Å². The van der Waals surface area contributed by atoms with E-state index in [4.69, 9.17) is 38.4 Å². The Balaban J connectivity index is 1.37. The molecule has 0 bridgehead atoms. The largest absolute Gasteiger partial charge is 0.482 e. The summed E-state index contributed by atoms with van der Waals surface area (Å²) >= 11 is 12.3. The first-order valence-electron chi connectivity index (χ1n) is 10.3. The minimum atomic E-state index is -0.643. The molecule has 168 valence electrons. The topological polar surface area (TPSA) is 87.2 Å². The van der Waals surface area contributed by atoms with Crippen molar-refractivity contribution < 1.29 is 13.9 Å². The molecule has 2 atom stereocenters. The summed E-state index contributed by atoms with van der Waals surface area (Å²) in [6.07, 6.45) is 5.71. The zero-order valence-electron chi connectivity index (χ0n) is 17.3. The fourth-order valence-electron chi connectivity index (χ4n) is 4.20. The summed E-state index contributed by atoms with van der Waals surface area (Å²) in [5, 5.41) is 8.04. The van der Waals surface area contributed by atoms with Gasteiger partial charge in [0, 0.05) is 53.6 Å². The van der Waals surface area contributed by atoms with Crippen molar-refractivity contribution in [2.45, 2.75) is 31.1 Å². The second-order valence-corrected chi connectivity index (χ2v) is 9.07. The van der Waals surface area contributed by atoms with Gasteiger partial charge in [-0.05, 0) is 25.1 Å². The van der Waals surface area contributed by atoms with Gasteiger partial charge in [0.1, 0.15) is 11.9 Å². The molecule has 5 rings (SSSR count). The predicted octanol–water partition coefficient (Wildman–Crippen LogP) is 4.42. The van der Waals surface area contributed by atoms with Crippen LogP contribution in [0.3, 0.4) is 0 Å². The molecule has 1 aromatic carbocycles. The third kappa shape index (κ3) is 3.81. The van der Waals surface area contributed by atoms with Crippen LogP contribution in [0, 0.1) is 5.82 Å². The molecule has 2 aromatic heterocycles. The Hall–Kier alpha value is -2.39. The highest BCUT2D eigenvalue weighted by atomic mass is 35.5. The molecule has 7 nitrogen and oxygen atoms in total. The molecule has 3 N–H and O–H groups in total. The van der Waals surface area contributed by atoms with Crippen LogP contribution in [-0.2, 0) is 4.74 Å². The molecule has 0 saturated carbocycles. The molecule has 2 unspecified atom stereocenters. The van der Waals surface area contributed by atoms with Crippen LogP contribution in [0.25, 0.3) is 11.1 Å². The van der Waals surface area contributed by atoms with Crippen LogP contribution >= 0.6 is 23.2 Å². The predicted molar refractivity (Wildman–Crippen MR) is 121 cm³/mol. The number of nitrogens with two attached hydrogens (primary N) is 1. The summed E-state index contributed by atoms with van der Waals surface area (Å²) < 4.78 is 27.8. The average Bonchev–Trinajstić information content (AvgIpc) is 3.40. The van der Waals surface area contributed by atoms with Crippen LogP contribution in [0.15, 0.2) is 36.8 Å². The summed E-state index contributed by atoms with van der Waals surface area (Å²) in [5.74, 6) is -0.00719. The van der Waals surface area contributed by atoms with Crippen LogP contribution in [0.1, 0.15) is 31.1 Å². The highest BCUT2D eigenvalue weighted by Gasteiger charge is 2.46. The van der Waals surface area contributed by atoms with Crippen LogP contribution < -0.4 is 15.8 Å². The van der Waals surface area contributed by atoms with Crippen molar-refractivity contribution in [1.29, 1.82) is 0 Å². The number of ether oxygens (including phenoxy) is 2. The quantitative estimate of drug-likeness (QED) is 0.529. The normalized spacial score (nSPS) is 20.3. The molecule has 0 amide bonds. The number of rotatable bonds is 5. The standard InChI is InChI=1S/C22H22Cl2FN5O2/c1-12(19-16(23)2-3-17(25)20(19)24)32-18-4-13(6-28-21(18)26)14-7-29-30(8-14)15-5-22(31-9-15)10-27-11-22/h2-4,6-8,12,15,27H,5,9-11H2,1H3,(H2,26,28). The first-order chi connectivity index (χ1) is 15.3. The van der Waals surface area contributed by atoms with Gasteiger partial charge in [-0.2, -0.15) is 5.10 Å². The molecule has 10 heteroatoms. The maximum absolute atomic E-state index is 13.9. The third-order valence-corrected chi connectivity index (χ3v) is 6.78. The van der Waals surface area contributed by atoms with Crippen molar-refractivity contribution in [3.05, 3.63) is 58.2 Å². The summed E-state index contributed by atoms with van der Waals surface area (Å²) in [5.41, 5.74) is 8.02. The number of benzene rings is 1. The maximum Gasteiger partial charge on any atom is 0.166 e. The maximum atomic E-state index is 13.9. The van der Waals surface area contributed by atoms with E-state index in [0.29, 0.717) is 22.9 Å².